The van der Waals surface area contributed by atoms with E-state index in [-0.39, 0.29) is 18.6 Å². The second-order valence-electron chi connectivity index (χ2n) is 6.02. The lowest BCUT2D eigenvalue weighted by Crippen LogP contribution is -2.51. The van der Waals surface area contributed by atoms with Crippen LogP contribution in [0.25, 0.3) is 0 Å². The fourth-order valence-electron chi connectivity index (χ4n) is 3.31. The topological polar surface area (TPSA) is 59.9 Å². The van der Waals surface area contributed by atoms with E-state index in [4.69, 9.17) is 0 Å². The van der Waals surface area contributed by atoms with E-state index in [2.05, 4.69) is 14.8 Å². The van der Waals surface area contributed by atoms with E-state index >= 15 is 0 Å². The number of aliphatic hydroxyl groups is 1. The summed E-state index contributed by atoms with van der Waals surface area (Å²) in [5.74, 6) is 1.16. The molecular weight excluding hydrogens is 280 g/mol. The molecule has 1 aromatic heterocycles. The number of amides is 1. The first-order valence-electron chi connectivity index (χ1n) is 8.06. The summed E-state index contributed by atoms with van der Waals surface area (Å²) in [6.45, 7) is 4.88. The van der Waals surface area contributed by atoms with Crippen molar-refractivity contribution in [2.45, 2.75) is 18.9 Å². The van der Waals surface area contributed by atoms with E-state index in [9.17, 15) is 9.90 Å². The number of rotatable bonds is 4. The molecule has 0 radical (unpaired) electrons. The van der Waals surface area contributed by atoms with Crippen LogP contribution < -0.4 is 4.90 Å². The van der Waals surface area contributed by atoms with Crippen LogP contribution in [0.1, 0.15) is 12.8 Å². The van der Waals surface area contributed by atoms with Gasteiger partial charge in [-0.15, -0.1) is 0 Å². The molecule has 3 heterocycles. The third kappa shape index (κ3) is 3.39. The zero-order chi connectivity index (χ0) is 15.4. The van der Waals surface area contributed by atoms with Crippen LogP contribution in [0.2, 0.25) is 0 Å². The van der Waals surface area contributed by atoms with Gasteiger partial charge in [0.2, 0.25) is 5.91 Å². The Labute approximate surface area is 131 Å². The summed E-state index contributed by atoms with van der Waals surface area (Å²) in [5, 5.41) is 9.33. The van der Waals surface area contributed by atoms with Gasteiger partial charge in [0.15, 0.2) is 0 Å². The monoisotopic (exact) mass is 304 g/mol. The predicted molar refractivity (Wildman–Crippen MR) is 84.7 cm³/mol. The van der Waals surface area contributed by atoms with Crippen LogP contribution in [-0.4, -0.2) is 77.7 Å². The number of piperazine rings is 1. The minimum Gasteiger partial charge on any atom is -0.394 e. The average molecular weight is 304 g/mol. The first-order valence-corrected chi connectivity index (χ1v) is 8.06. The molecule has 1 amide bonds. The second kappa shape index (κ2) is 7.07. The normalized spacial score (nSPS) is 23.0. The number of anilines is 1. The van der Waals surface area contributed by atoms with Crippen molar-refractivity contribution in [3.05, 3.63) is 24.4 Å². The molecule has 2 saturated heterocycles. The average Bonchev–Trinajstić information content (AvgIpc) is 3.05. The number of hydrogen-bond donors (Lipinski definition) is 1. The van der Waals surface area contributed by atoms with Gasteiger partial charge in [0.25, 0.3) is 0 Å². The number of nitrogens with zero attached hydrogens (tertiary/aromatic N) is 4. The van der Waals surface area contributed by atoms with Gasteiger partial charge in [-0.05, 0) is 25.0 Å². The van der Waals surface area contributed by atoms with Crippen molar-refractivity contribution in [1.29, 1.82) is 0 Å². The van der Waals surface area contributed by atoms with E-state index < -0.39 is 0 Å². The largest absolute Gasteiger partial charge is 0.394 e. The van der Waals surface area contributed by atoms with Crippen LogP contribution in [0.5, 0.6) is 0 Å². The van der Waals surface area contributed by atoms with Crippen molar-refractivity contribution in [2.24, 2.45) is 0 Å². The zero-order valence-electron chi connectivity index (χ0n) is 12.9. The van der Waals surface area contributed by atoms with Gasteiger partial charge in [-0.1, -0.05) is 6.07 Å². The van der Waals surface area contributed by atoms with Gasteiger partial charge in [-0.25, -0.2) is 4.98 Å². The Morgan fingerprint density at radius 1 is 1.23 bits per heavy atom. The summed E-state index contributed by atoms with van der Waals surface area (Å²) in [5.41, 5.74) is 0. The number of aromatic nitrogens is 1. The molecule has 0 bridgehead atoms. The van der Waals surface area contributed by atoms with Gasteiger partial charge in [0.1, 0.15) is 5.82 Å². The summed E-state index contributed by atoms with van der Waals surface area (Å²) in [6.07, 6.45) is 3.74. The van der Waals surface area contributed by atoms with Crippen LogP contribution in [0.3, 0.4) is 0 Å². The molecule has 1 N–H and O–H groups in total. The van der Waals surface area contributed by atoms with Gasteiger partial charge in [0.05, 0.1) is 19.2 Å². The van der Waals surface area contributed by atoms with Crippen molar-refractivity contribution in [3.63, 3.8) is 0 Å². The zero-order valence-corrected chi connectivity index (χ0v) is 12.9. The van der Waals surface area contributed by atoms with Crippen molar-refractivity contribution < 1.29 is 9.90 Å². The SMILES string of the molecule is O=C(CN1CCN(c2ccccn2)CC1)N1CCC[C@@H]1CO. The quantitative estimate of drug-likeness (QED) is 0.860. The number of carbonyl (C=O) groups is 1. The molecule has 0 spiro atoms. The molecule has 3 rings (SSSR count). The molecule has 6 heteroatoms. The number of hydrogen-bond acceptors (Lipinski definition) is 5. The highest BCUT2D eigenvalue weighted by Gasteiger charge is 2.29. The van der Waals surface area contributed by atoms with Crippen LogP contribution in [-0.2, 0) is 4.79 Å². The van der Waals surface area contributed by atoms with Crippen LogP contribution >= 0.6 is 0 Å². The Balaban J connectivity index is 1.49. The smallest absolute Gasteiger partial charge is 0.237 e. The molecule has 120 valence electrons. The number of carbonyl (C=O) groups excluding carboxylic acids is 1. The molecule has 2 aliphatic heterocycles. The Bertz CT molecular complexity index is 488. The minimum atomic E-state index is 0.0299. The van der Waals surface area contributed by atoms with Crippen LogP contribution in [0.4, 0.5) is 5.82 Å². The fraction of sp³-hybridized carbons (Fsp3) is 0.625. The first-order chi connectivity index (χ1) is 10.8. The van der Waals surface area contributed by atoms with Gasteiger partial charge < -0.3 is 14.9 Å². The Morgan fingerprint density at radius 2 is 2.05 bits per heavy atom. The number of aliphatic hydroxyl groups excluding tert-OH is 1. The van der Waals surface area contributed by atoms with Crippen LogP contribution in [0.15, 0.2) is 24.4 Å². The van der Waals surface area contributed by atoms with Gasteiger partial charge in [0, 0.05) is 38.9 Å². The lowest BCUT2D eigenvalue weighted by Gasteiger charge is -2.36. The first kappa shape index (κ1) is 15.2. The molecule has 0 saturated carbocycles. The minimum absolute atomic E-state index is 0.0299. The molecule has 6 nitrogen and oxygen atoms in total. The second-order valence-corrected chi connectivity index (χ2v) is 6.02. The van der Waals surface area contributed by atoms with E-state index in [1.54, 1.807) is 0 Å². The third-order valence-corrected chi connectivity index (χ3v) is 4.61. The van der Waals surface area contributed by atoms with Crippen molar-refractivity contribution in [3.8, 4) is 0 Å². The molecule has 0 unspecified atom stereocenters. The maximum Gasteiger partial charge on any atom is 0.237 e. The molecule has 22 heavy (non-hydrogen) atoms. The number of pyridine rings is 1. The summed E-state index contributed by atoms with van der Waals surface area (Å²) in [4.78, 5) is 23.1. The van der Waals surface area contributed by atoms with Crippen molar-refractivity contribution in [2.75, 3.05) is 50.8 Å². The molecule has 1 atom stereocenters. The molecule has 1 aromatic rings. The summed E-state index contributed by atoms with van der Waals surface area (Å²) < 4.78 is 0. The molecule has 0 aromatic carbocycles. The summed E-state index contributed by atoms with van der Waals surface area (Å²) in [6, 6.07) is 5.98. The van der Waals surface area contributed by atoms with E-state index in [1.165, 1.54) is 0 Å². The Morgan fingerprint density at radius 3 is 2.73 bits per heavy atom. The summed E-state index contributed by atoms with van der Waals surface area (Å²) >= 11 is 0. The maximum atomic E-state index is 12.4. The van der Waals surface area contributed by atoms with Crippen molar-refractivity contribution in [1.82, 2.24) is 14.8 Å². The summed E-state index contributed by atoms with van der Waals surface area (Å²) in [7, 11) is 0. The number of likely N-dealkylation sites (tertiary alicyclic amines) is 1. The maximum absolute atomic E-state index is 12.4. The highest BCUT2D eigenvalue weighted by Crippen LogP contribution is 2.18. The van der Waals surface area contributed by atoms with Crippen molar-refractivity contribution >= 4 is 11.7 Å². The fourth-order valence-corrected chi connectivity index (χ4v) is 3.31. The molecule has 0 aliphatic carbocycles. The van der Waals surface area contributed by atoms with Gasteiger partial charge >= 0.3 is 0 Å². The standard InChI is InChI=1S/C16H24N4O2/c21-13-14-4-3-7-20(14)16(22)12-18-8-10-19(11-9-18)15-5-1-2-6-17-15/h1-2,5-6,14,21H,3-4,7-13H2/t14-/m1/s1. The highest BCUT2D eigenvalue weighted by atomic mass is 16.3. The third-order valence-electron chi connectivity index (χ3n) is 4.61. The van der Waals surface area contributed by atoms with Gasteiger partial charge in [-0.3, -0.25) is 9.69 Å². The van der Waals surface area contributed by atoms with E-state index in [0.717, 1.165) is 51.4 Å². The Kier molecular flexibility index (Phi) is 4.90. The highest BCUT2D eigenvalue weighted by molar-refractivity contribution is 5.79. The van der Waals surface area contributed by atoms with E-state index in [1.807, 2.05) is 29.3 Å². The Hall–Kier alpha value is -1.66. The lowest BCUT2D eigenvalue weighted by atomic mass is 10.2. The van der Waals surface area contributed by atoms with Gasteiger partial charge in [-0.2, -0.15) is 0 Å². The predicted octanol–water partition coefficient (Wildman–Crippen LogP) is 0.187. The lowest BCUT2D eigenvalue weighted by molar-refractivity contribution is -0.134. The van der Waals surface area contributed by atoms with Crippen LogP contribution in [0, 0.1) is 0 Å². The molecule has 2 fully saturated rings. The van der Waals surface area contributed by atoms with E-state index in [0.29, 0.717) is 6.54 Å². The molecule has 2 aliphatic rings. The molecular formula is C16H24N4O2.